The van der Waals surface area contributed by atoms with Gasteiger partial charge in [0.05, 0.1) is 12.3 Å². The van der Waals surface area contributed by atoms with Gasteiger partial charge in [-0.05, 0) is 18.6 Å². The first-order valence-electron chi connectivity index (χ1n) is 5.56. The number of carbonyl (C=O) groups is 1. The van der Waals surface area contributed by atoms with E-state index in [1.807, 2.05) is 0 Å². The number of para-hydroxylation sites is 1. The lowest BCUT2D eigenvalue weighted by Crippen LogP contribution is -2.42. The van der Waals surface area contributed by atoms with Crippen LogP contribution in [0.5, 0.6) is 0 Å². The second kappa shape index (κ2) is 5.14. The quantitative estimate of drug-likeness (QED) is 0.826. The fraction of sp³-hybridized carbons (Fsp3) is 0.417. The topological polar surface area (TPSA) is 64.4 Å². The van der Waals surface area contributed by atoms with E-state index in [0.717, 1.165) is 6.42 Å². The zero-order chi connectivity index (χ0) is 12.3. The van der Waals surface area contributed by atoms with E-state index >= 15 is 0 Å². The fourth-order valence-electron chi connectivity index (χ4n) is 1.98. The summed E-state index contributed by atoms with van der Waals surface area (Å²) in [6, 6.07) is 5.63. The largest absolute Gasteiger partial charge is 0.381 e. The van der Waals surface area contributed by atoms with Gasteiger partial charge in [-0.1, -0.05) is 12.1 Å². The highest BCUT2D eigenvalue weighted by molar-refractivity contribution is 5.83. The molecule has 2 unspecified atom stereocenters. The van der Waals surface area contributed by atoms with E-state index in [1.165, 1.54) is 6.07 Å². The van der Waals surface area contributed by atoms with E-state index < -0.39 is 17.8 Å². The number of halogens is 1. The van der Waals surface area contributed by atoms with Crippen molar-refractivity contribution in [3.8, 4) is 0 Å². The van der Waals surface area contributed by atoms with Crippen LogP contribution in [0.2, 0.25) is 0 Å². The second-order valence-corrected chi connectivity index (χ2v) is 4.13. The molecule has 1 aliphatic rings. The fourth-order valence-corrected chi connectivity index (χ4v) is 1.98. The van der Waals surface area contributed by atoms with Gasteiger partial charge in [0.25, 0.3) is 0 Å². The average Bonchev–Trinajstić information content (AvgIpc) is 2.81. The molecule has 1 aromatic rings. The third-order valence-electron chi connectivity index (χ3n) is 2.93. The number of nitrogens with two attached hydrogens (primary N) is 1. The molecule has 0 radical (unpaired) electrons. The smallest absolute Gasteiger partial charge is 0.240 e. The maximum atomic E-state index is 13.5. The van der Waals surface area contributed by atoms with Gasteiger partial charge >= 0.3 is 0 Å². The number of rotatable bonds is 4. The summed E-state index contributed by atoms with van der Waals surface area (Å²) in [5, 5.41) is 2.86. The Bertz CT molecular complexity index is 405. The van der Waals surface area contributed by atoms with Crippen LogP contribution in [-0.4, -0.2) is 25.2 Å². The van der Waals surface area contributed by atoms with Crippen molar-refractivity contribution in [2.45, 2.75) is 12.5 Å². The highest BCUT2D eigenvalue weighted by atomic mass is 19.1. The maximum Gasteiger partial charge on any atom is 0.240 e. The number of hydrogen-bond donors (Lipinski definition) is 2. The van der Waals surface area contributed by atoms with Crippen LogP contribution < -0.4 is 11.1 Å². The highest BCUT2D eigenvalue weighted by Crippen LogP contribution is 2.22. The number of hydrogen-bond acceptors (Lipinski definition) is 3. The molecular weight excluding hydrogens is 223 g/mol. The van der Waals surface area contributed by atoms with Crippen LogP contribution >= 0.6 is 0 Å². The summed E-state index contributed by atoms with van der Waals surface area (Å²) >= 11 is 0. The molecule has 0 saturated carbocycles. The van der Waals surface area contributed by atoms with E-state index in [-0.39, 0.29) is 5.92 Å². The molecule has 0 aromatic heterocycles. The standard InChI is InChI=1S/C12H15FN2O2/c13-9-3-1-2-4-10(9)15-11(12(14)16)8-5-6-17-7-8/h1-4,8,11,15H,5-7H2,(H2,14,16). The molecule has 92 valence electrons. The van der Waals surface area contributed by atoms with E-state index in [4.69, 9.17) is 10.5 Å². The summed E-state index contributed by atoms with van der Waals surface area (Å²) < 4.78 is 18.7. The lowest BCUT2D eigenvalue weighted by molar-refractivity contribution is -0.119. The Morgan fingerprint density at radius 3 is 2.88 bits per heavy atom. The van der Waals surface area contributed by atoms with Crippen molar-refractivity contribution in [2.24, 2.45) is 11.7 Å². The Labute approximate surface area is 98.9 Å². The first-order chi connectivity index (χ1) is 8.18. The molecule has 0 aliphatic carbocycles. The number of primary amides is 1. The first kappa shape index (κ1) is 11.9. The predicted molar refractivity (Wildman–Crippen MR) is 61.9 cm³/mol. The summed E-state index contributed by atoms with van der Waals surface area (Å²) in [5.41, 5.74) is 5.63. The first-order valence-corrected chi connectivity index (χ1v) is 5.56. The SMILES string of the molecule is NC(=O)C(Nc1ccccc1F)C1CCOC1. The van der Waals surface area contributed by atoms with Crippen molar-refractivity contribution in [2.75, 3.05) is 18.5 Å². The molecule has 2 atom stereocenters. The molecule has 0 bridgehead atoms. The van der Waals surface area contributed by atoms with Crippen LogP contribution in [0.25, 0.3) is 0 Å². The van der Waals surface area contributed by atoms with Gasteiger partial charge in [0, 0.05) is 12.5 Å². The van der Waals surface area contributed by atoms with E-state index in [0.29, 0.717) is 18.9 Å². The van der Waals surface area contributed by atoms with Gasteiger partial charge in [-0.2, -0.15) is 0 Å². The summed E-state index contributed by atoms with van der Waals surface area (Å²) in [6.45, 7) is 1.10. The third kappa shape index (κ3) is 2.74. The van der Waals surface area contributed by atoms with Crippen LogP contribution in [0.1, 0.15) is 6.42 Å². The van der Waals surface area contributed by atoms with Crippen molar-refractivity contribution < 1.29 is 13.9 Å². The van der Waals surface area contributed by atoms with Crippen LogP contribution in [0.3, 0.4) is 0 Å². The summed E-state index contributed by atoms with van der Waals surface area (Å²) in [7, 11) is 0. The molecule has 5 heteroatoms. The lowest BCUT2D eigenvalue weighted by Gasteiger charge is -2.21. The number of amides is 1. The molecule has 0 spiro atoms. The molecule has 1 amide bonds. The molecule has 1 saturated heterocycles. The van der Waals surface area contributed by atoms with Crippen molar-refractivity contribution in [1.82, 2.24) is 0 Å². The van der Waals surface area contributed by atoms with Crippen LogP contribution in [0.15, 0.2) is 24.3 Å². The van der Waals surface area contributed by atoms with Gasteiger partial charge < -0.3 is 15.8 Å². The highest BCUT2D eigenvalue weighted by Gasteiger charge is 2.30. The zero-order valence-electron chi connectivity index (χ0n) is 9.36. The Kier molecular flexibility index (Phi) is 3.58. The molecule has 1 heterocycles. The van der Waals surface area contributed by atoms with Gasteiger partial charge in [-0.15, -0.1) is 0 Å². The average molecular weight is 238 g/mol. The Hall–Kier alpha value is -1.62. The maximum absolute atomic E-state index is 13.5. The van der Waals surface area contributed by atoms with E-state index in [9.17, 15) is 9.18 Å². The van der Waals surface area contributed by atoms with Gasteiger partial charge in [0.15, 0.2) is 0 Å². The molecule has 2 rings (SSSR count). The molecule has 1 aromatic carbocycles. The number of benzene rings is 1. The summed E-state index contributed by atoms with van der Waals surface area (Å²) in [6.07, 6.45) is 0.759. The minimum Gasteiger partial charge on any atom is -0.381 e. The van der Waals surface area contributed by atoms with Crippen molar-refractivity contribution in [3.05, 3.63) is 30.1 Å². The van der Waals surface area contributed by atoms with Crippen LogP contribution in [0.4, 0.5) is 10.1 Å². The number of ether oxygens (including phenoxy) is 1. The molecular formula is C12H15FN2O2. The van der Waals surface area contributed by atoms with E-state index in [1.54, 1.807) is 18.2 Å². The van der Waals surface area contributed by atoms with E-state index in [2.05, 4.69) is 5.32 Å². The molecule has 3 N–H and O–H groups in total. The zero-order valence-corrected chi connectivity index (χ0v) is 9.36. The molecule has 1 fully saturated rings. The minimum absolute atomic E-state index is 0.00658. The molecule has 1 aliphatic heterocycles. The van der Waals surface area contributed by atoms with Crippen molar-refractivity contribution in [1.29, 1.82) is 0 Å². The number of anilines is 1. The Morgan fingerprint density at radius 2 is 2.29 bits per heavy atom. The Balaban J connectivity index is 2.12. The summed E-state index contributed by atoms with van der Waals surface area (Å²) in [5.74, 6) is -0.867. The molecule has 17 heavy (non-hydrogen) atoms. The van der Waals surface area contributed by atoms with Gasteiger partial charge in [-0.3, -0.25) is 4.79 Å². The number of carbonyl (C=O) groups excluding carboxylic acids is 1. The normalized spacial score (nSPS) is 21.1. The second-order valence-electron chi connectivity index (χ2n) is 4.13. The monoisotopic (exact) mass is 238 g/mol. The number of nitrogens with one attached hydrogen (secondary N) is 1. The van der Waals surface area contributed by atoms with Gasteiger partial charge in [0.2, 0.25) is 5.91 Å². The predicted octanol–water partition coefficient (Wildman–Crippen LogP) is 1.13. The Morgan fingerprint density at radius 1 is 1.53 bits per heavy atom. The van der Waals surface area contributed by atoms with Crippen molar-refractivity contribution in [3.63, 3.8) is 0 Å². The van der Waals surface area contributed by atoms with Gasteiger partial charge in [-0.25, -0.2) is 4.39 Å². The van der Waals surface area contributed by atoms with Crippen molar-refractivity contribution >= 4 is 11.6 Å². The molecule has 4 nitrogen and oxygen atoms in total. The van der Waals surface area contributed by atoms with Crippen LogP contribution in [0, 0.1) is 11.7 Å². The third-order valence-corrected chi connectivity index (χ3v) is 2.93. The van der Waals surface area contributed by atoms with Crippen LogP contribution in [-0.2, 0) is 9.53 Å². The minimum atomic E-state index is -0.589. The lowest BCUT2D eigenvalue weighted by atomic mass is 9.98. The van der Waals surface area contributed by atoms with Gasteiger partial charge in [0.1, 0.15) is 11.9 Å². The summed E-state index contributed by atoms with van der Waals surface area (Å²) in [4.78, 5) is 11.4.